The molecule has 0 spiro atoms. The lowest BCUT2D eigenvalue weighted by molar-refractivity contribution is 0.248. The Hall–Kier alpha value is -3.53. The van der Waals surface area contributed by atoms with Gasteiger partial charge in [-0.2, -0.15) is 5.10 Å². The summed E-state index contributed by atoms with van der Waals surface area (Å²) < 4.78 is 9.39. The SMILES string of the molecule is COc1cncnc1N1CCN(CCCn2ncc3ccc(-n4cnnc4)cc32)CC1. The Morgan fingerprint density at radius 1 is 1.00 bits per heavy atom. The molecule has 0 unspecified atom stereocenters. The highest BCUT2D eigenvalue weighted by Crippen LogP contribution is 2.24. The summed E-state index contributed by atoms with van der Waals surface area (Å²) in [6.07, 6.45) is 9.69. The van der Waals surface area contributed by atoms with Crippen molar-refractivity contribution in [3.05, 3.63) is 49.6 Å². The quantitative estimate of drug-likeness (QED) is 0.447. The van der Waals surface area contributed by atoms with E-state index in [-0.39, 0.29) is 0 Å². The molecule has 1 aliphatic rings. The molecule has 1 aliphatic heterocycles. The molecule has 160 valence electrons. The molecule has 0 atom stereocenters. The number of methoxy groups -OCH3 is 1. The molecule has 0 aliphatic carbocycles. The van der Waals surface area contributed by atoms with Crippen LogP contribution in [0.1, 0.15) is 6.42 Å². The third-order valence-corrected chi connectivity index (χ3v) is 5.74. The fourth-order valence-electron chi connectivity index (χ4n) is 4.05. The fourth-order valence-corrected chi connectivity index (χ4v) is 4.05. The van der Waals surface area contributed by atoms with Crippen LogP contribution < -0.4 is 9.64 Å². The lowest BCUT2D eigenvalue weighted by atomic mass is 10.2. The van der Waals surface area contributed by atoms with Gasteiger partial charge in [0.1, 0.15) is 19.0 Å². The van der Waals surface area contributed by atoms with E-state index in [1.165, 1.54) is 0 Å². The molecule has 3 aromatic heterocycles. The number of rotatable bonds is 7. The first-order valence-electron chi connectivity index (χ1n) is 10.4. The Balaban J connectivity index is 1.17. The minimum absolute atomic E-state index is 0.729. The standard InChI is InChI=1S/C21H25N9O/c1-31-20-13-22-14-23-21(20)28-9-7-27(8-10-28)5-2-6-30-19-11-18(29-15-24-25-16-29)4-3-17(19)12-26-30/h3-4,11-16H,2,5-10H2,1H3. The molecule has 0 radical (unpaired) electrons. The van der Waals surface area contributed by atoms with Crippen molar-refractivity contribution >= 4 is 16.7 Å². The summed E-state index contributed by atoms with van der Waals surface area (Å²) in [5.74, 6) is 1.61. The topological polar surface area (TPSA) is 90.0 Å². The maximum absolute atomic E-state index is 5.40. The van der Waals surface area contributed by atoms with E-state index < -0.39 is 0 Å². The summed E-state index contributed by atoms with van der Waals surface area (Å²) in [7, 11) is 1.66. The van der Waals surface area contributed by atoms with E-state index in [1.807, 2.05) is 10.8 Å². The molecule has 4 aromatic rings. The largest absolute Gasteiger partial charge is 0.491 e. The van der Waals surface area contributed by atoms with Crippen LogP contribution in [0.15, 0.2) is 49.6 Å². The van der Waals surface area contributed by atoms with Crippen LogP contribution in [0.25, 0.3) is 16.6 Å². The van der Waals surface area contributed by atoms with Crippen molar-refractivity contribution in [2.75, 3.05) is 44.7 Å². The molecule has 1 saturated heterocycles. The lowest BCUT2D eigenvalue weighted by Crippen LogP contribution is -2.47. The zero-order valence-electron chi connectivity index (χ0n) is 17.5. The second-order valence-corrected chi connectivity index (χ2v) is 7.58. The van der Waals surface area contributed by atoms with Gasteiger partial charge in [0.25, 0.3) is 0 Å². The van der Waals surface area contributed by atoms with Crippen molar-refractivity contribution in [2.24, 2.45) is 0 Å². The minimum atomic E-state index is 0.729. The predicted octanol–water partition coefficient (Wildman–Crippen LogP) is 1.63. The summed E-state index contributed by atoms with van der Waals surface area (Å²) in [6.45, 7) is 5.80. The van der Waals surface area contributed by atoms with Crippen LogP contribution in [0.2, 0.25) is 0 Å². The molecule has 10 nitrogen and oxygen atoms in total. The highest BCUT2D eigenvalue weighted by molar-refractivity contribution is 5.80. The predicted molar refractivity (Wildman–Crippen MR) is 117 cm³/mol. The van der Waals surface area contributed by atoms with Crippen molar-refractivity contribution in [3.8, 4) is 11.4 Å². The van der Waals surface area contributed by atoms with Crippen molar-refractivity contribution in [2.45, 2.75) is 13.0 Å². The van der Waals surface area contributed by atoms with Crippen molar-refractivity contribution in [3.63, 3.8) is 0 Å². The molecular weight excluding hydrogens is 394 g/mol. The number of anilines is 1. The molecule has 0 amide bonds. The van der Waals surface area contributed by atoms with Gasteiger partial charge in [-0.25, -0.2) is 9.97 Å². The Morgan fingerprint density at radius 2 is 1.84 bits per heavy atom. The number of fused-ring (bicyclic) bond motifs is 1. The first kappa shape index (κ1) is 19.4. The molecule has 4 heterocycles. The van der Waals surface area contributed by atoms with Gasteiger partial charge >= 0.3 is 0 Å². The molecule has 0 bridgehead atoms. The normalized spacial score (nSPS) is 14.9. The van der Waals surface area contributed by atoms with Crippen LogP contribution in [0.3, 0.4) is 0 Å². The van der Waals surface area contributed by atoms with E-state index >= 15 is 0 Å². The summed E-state index contributed by atoms with van der Waals surface area (Å²) in [5.41, 5.74) is 2.17. The molecule has 0 saturated carbocycles. The van der Waals surface area contributed by atoms with Gasteiger partial charge in [-0.05, 0) is 24.6 Å². The highest BCUT2D eigenvalue weighted by atomic mass is 16.5. The summed E-state index contributed by atoms with van der Waals surface area (Å²) in [5, 5.41) is 13.5. The van der Waals surface area contributed by atoms with E-state index in [4.69, 9.17) is 4.74 Å². The van der Waals surface area contributed by atoms with Gasteiger partial charge in [0.05, 0.1) is 30.7 Å². The zero-order chi connectivity index (χ0) is 21.0. The number of aromatic nitrogens is 7. The van der Waals surface area contributed by atoms with Crippen LogP contribution in [0.4, 0.5) is 5.82 Å². The second kappa shape index (κ2) is 8.68. The van der Waals surface area contributed by atoms with Gasteiger partial charge in [0, 0.05) is 44.7 Å². The molecule has 31 heavy (non-hydrogen) atoms. The first-order valence-corrected chi connectivity index (χ1v) is 10.4. The highest BCUT2D eigenvalue weighted by Gasteiger charge is 2.20. The molecule has 10 heteroatoms. The van der Waals surface area contributed by atoms with Crippen LogP contribution in [0.5, 0.6) is 5.75 Å². The number of hydrogen-bond donors (Lipinski definition) is 0. The number of ether oxygens (including phenoxy) is 1. The zero-order valence-corrected chi connectivity index (χ0v) is 17.5. The lowest BCUT2D eigenvalue weighted by Gasteiger charge is -2.35. The Morgan fingerprint density at radius 3 is 2.65 bits per heavy atom. The number of aryl methyl sites for hydroxylation is 1. The maximum Gasteiger partial charge on any atom is 0.179 e. The number of hydrogen-bond acceptors (Lipinski definition) is 8. The summed E-state index contributed by atoms with van der Waals surface area (Å²) in [4.78, 5) is 13.2. The van der Waals surface area contributed by atoms with Gasteiger partial charge in [0.15, 0.2) is 11.6 Å². The minimum Gasteiger partial charge on any atom is -0.491 e. The Bertz CT molecular complexity index is 1130. The Kier molecular flexibility index (Phi) is 5.44. The summed E-state index contributed by atoms with van der Waals surface area (Å²) in [6, 6.07) is 6.29. The van der Waals surface area contributed by atoms with Crippen LogP contribution in [-0.2, 0) is 6.54 Å². The number of nitrogens with zero attached hydrogens (tertiary/aromatic N) is 9. The van der Waals surface area contributed by atoms with E-state index in [1.54, 1.807) is 32.3 Å². The van der Waals surface area contributed by atoms with Gasteiger partial charge in [-0.15, -0.1) is 10.2 Å². The average molecular weight is 419 g/mol. The van der Waals surface area contributed by atoms with E-state index in [9.17, 15) is 0 Å². The van der Waals surface area contributed by atoms with Gasteiger partial charge < -0.3 is 9.64 Å². The van der Waals surface area contributed by atoms with Crippen molar-refractivity contribution in [1.82, 2.24) is 39.4 Å². The smallest absolute Gasteiger partial charge is 0.179 e. The molecule has 0 N–H and O–H groups in total. The molecule has 1 aromatic carbocycles. The molecule has 1 fully saturated rings. The third-order valence-electron chi connectivity index (χ3n) is 5.74. The average Bonchev–Trinajstić information content (AvgIpc) is 3.50. The van der Waals surface area contributed by atoms with Gasteiger partial charge in [-0.3, -0.25) is 14.1 Å². The first-order chi connectivity index (χ1) is 15.3. The van der Waals surface area contributed by atoms with Crippen LogP contribution in [0, 0.1) is 0 Å². The molecular formula is C21H25N9O. The van der Waals surface area contributed by atoms with E-state index in [0.29, 0.717) is 0 Å². The van der Waals surface area contributed by atoms with Gasteiger partial charge in [-0.1, -0.05) is 0 Å². The fraction of sp³-hybridized carbons (Fsp3) is 0.381. The second-order valence-electron chi connectivity index (χ2n) is 7.58. The molecule has 5 rings (SSSR count). The van der Waals surface area contributed by atoms with E-state index in [0.717, 1.165) is 73.8 Å². The van der Waals surface area contributed by atoms with Crippen LogP contribution >= 0.6 is 0 Å². The van der Waals surface area contributed by atoms with Crippen molar-refractivity contribution in [1.29, 1.82) is 0 Å². The van der Waals surface area contributed by atoms with Crippen molar-refractivity contribution < 1.29 is 4.74 Å². The third kappa shape index (κ3) is 4.06. The monoisotopic (exact) mass is 419 g/mol. The van der Waals surface area contributed by atoms with Gasteiger partial charge in [0.2, 0.25) is 0 Å². The Labute approximate surface area is 180 Å². The van der Waals surface area contributed by atoms with E-state index in [2.05, 4.69) is 57.9 Å². The number of benzene rings is 1. The maximum atomic E-state index is 5.40. The van der Waals surface area contributed by atoms with Crippen LogP contribution in [-0.4, -0.2) is 79.2 Å². The number of piperazine rings is 1. The summed E-state index contributed by atoms with van der Waals surface area (Å²) >= 11 is 0.